The molecule has 1 aromatic heterocycles. The molecule has 8 nitrogen and oxygen atoms in total. The number of hydrogen-bond donors (Lipinski definition) is 1. The summed E-state index contributed by atoms with van der Waals surface area (Å²) in [4.78, 5) is 31.0. The summed E-state index contributed by atoms with van der Waals surface area (Å²) in [5, 5.41) is 3.19. The van der Waals surface area contributed by atoms with E-state index in [4.69, 9.17) is 14.2 Å². The van der Waals surface area contributed by atoms with E-state index in [1.807, 2.05) is 19.1 Å². The summed E-state index contributed by atoms with van der Waals surface area (Å²) < 4.78 is 15.8. The highest BCUT2D eigenvalue weighted by atomic mass is 32.1. The van der Waals surface area contributed by atoms with Crippen LogP contribution in [-0.2, 0) is 9.53 Å². The number of carbonyl (C=O) groups excluding carboxylic acids is 2. The molecule has 0 saturated carbocycles. The van der Waals surface area contributed by atoms with E-state index in [1.54, 1.807) is 41.1 Å². The third-order valence-corrected chi connectivity index (χ3v) is 4.67. The maximum atomic E-state index is 12.3. The predicted octanol–water partition coefficient (Wildman–Crippen LogP) is 3.94. The number of methoxy groups -OCH3 is 2. The van der Waals surface area contributed by atoms with Crippen molar-refractivity contribution in [3.63, 3.8) is 0 Å². The molecule has 0 atom stereocenters. The molecule has 0 aliphatic heterocycles. The summed E-state index contributed by atoms with van der Waals surface area (Å²) in [7, 11) is 4.66. The van der Waals surface area contributed by atoms with Gasteiger partial charge in [-0.05, 0) is 45.9 Å². The Balaban J connectivity index is 2.09. The van der Waals surface area contributed by atoms with Gasteiger partial charge in [0.1, 0.15) is 12.1 Å². The summed E-state index contributed by atoms with van der Waals surface area (Å²) in [6.45, 7) is 7.10. The fraction of sp³-hybridized carbons (Fsp3) is 0.450. The SMILES string of the molecule is COc1ccc(-c2nc(NC(=O)CN(C)C(=O)OC(C)(C)C)sc2C)cc1OC. The molecule has 2 aromatic rings. The van der Waals surface area contributed by atoms with Crippen molar-refractivity contribution in [1.29, 1.82) is 0 Å². The van der Waals surface area contributed by atoms with Gasteiger partial charge in [0.15, 0.2) is 16.6 Å². The second-order valence-electron chi connectivity index (χ2n) is 7.38. The van der Waals surface area contributed by atoms with E-state index in [1.165, 1.54) is 23.3 Å². The van der Waals surface area contributed by atoms with E-state index in [2.05, 4.69) is 10.3 Å². The molecule has 2 rings (SSSR count). The maximum absolute atomic E-state index is 12.3. The van der Waals surface area contributed by atoms with Crippen LogP contribution in [0.5, 0.6) is 11.5 Å². The van der Waals surface area contributed by atoms with Crippen LogP contribution in [-0.4, -0.2) is 55.3 Å². The minimum atomic E-state index is -0.622. The zero-order chi connectivity index (χ0) is 21.8. The molecule has 0 bridgehead atoms. The number of likely N-dealkylation sites (N-methyl/N-ethyl adjacent to an activating group) is 1. The molecule has 1 aromatic carbocycles. The van der Waals surface area contributed by atoms with Gasteiger partial charge in [0.05, 0.1) is 19.9 Å². The van der Waals surface area contributed by atoms with Crippen LogP contribution in [0.1, 0.15) is 25.6 Å². The Bertz CT molecular complexity index is 889. The zero-order valence-electron chi connectivity index (χ0n) is 17.8. The number of ether oxygens (including phenoxy) is 3. The lowest BCUT2D eigenvalue weighted by Gasteiger charge is -2.24. The Labute approximate surface area is 174 Å². The summed E-state index contributed by atoms with van der Waals surface area (Å²) >= 11 is 1.36. The van der Waals surface area contributed by atoms with Gasteiger partial charge in [-0.25, -0.2) is 9.78 Å². The van der Waals surface area contributed by atoms with Crippen molar-refractivity contribution in [2.45, 2.75) is 33.3 Å². The lowest BCUT2D eigenvalue weighted by molar-refractivity contribution is -0.117. The van der Waals surface area contributed by atoms with Gasteiger partial charge in [-0.3, -0.25) is 4.79 Å². The molecule has 9 heteroatoms. The summed E-state index contributed by atoms with van der Waals surface area (Å²) in [5.74, 6) is 0.871. The Morgan fingerprint density at radius 3 is 2.41 bits per heavy atom. The van der Waals surface area contributed by atoms with Crippen LogP contribution in [0, 0.1) is 6.92 Å². The third kappa shape index (κ3) is 6.08. The highest BCUT2D eigenvalue weighted by molar-refractivity contribution is 7.16. The minimum Gasteiger partial charge on any atom is -0.493 e. The van der Waals surface area contributed by atoms with Crippen molar-refractivity contribution in [3.8, 4) is 22.8 Å². The molecule has 1 N–H and O–H groups in total. The molecular weight excluding hydrogens is 394 g/mol. The fourth-order valence-corrected chi connectivity index (χ4v) is 3.33. The molecule has 2 amide bonds. The van der Waals surface area contributed by atoms with Crippen molar-refractivity contribution in [3.05, 3.63) is 23.1 Å². The summed E-state index contributed by atoms with van der Waals surface area (Å²) in [6, 6.07) is 5.52. The Morgan fingerprint density at radius 1 is 1.17 bits per heavy atom. The smallest absolute Gasteiger partial charge is 0.410 e. The summed E-state index contributed by atoms with van der Waals surface area (Å²) in [6.07, 6.45) is -0.561. The average molecular weight is 422 g/mol. The first-order valence-electron chi connectivity index (χ1n) is 8.98. The molecule has 158 valence electrons. The van der Waals surface area contributed by atoms with Crippen molar-refractivity contribution in [2.24, 2.45) is 0 Å². The number of benzene rings is 1. The zero-order valence-corrected chi connectivity index (χ0v) is 18.6. The normalized spacial score (nSPS) is 11.0. The van der Waals surface area contributed by atoms with E-state index in [0.717, 1.165) is 16.1 Å². The minimum absolute atomic E-state index is 0.140. The van der Waals surface area contributed by atoms with E-state index >= 15 is 0 Å². The van der Waals surface area contributed by atoms with Crippen molar-refractivity contribution < 1.29 is 23.8 Å². The van der Waals surface area contributed by atoms with Gasteiger partial charge in [0.2, 0.25) is 5.91 Å². The molecule has 0 aliphatic rings. The highest BCUT2D eigenvalue weighted by Gasteiger charge is 2.22. The number of nitrogens with zero attached hydrogens (tertiary/aromatic N) is 2. The molecule has 29 heavy (non-hydrogen) atoms. The second-order valence-corrected chi connectivity index (χ2v) is 8.58. The van der Waals surface area contributed by atoms with Gasteiger partial charge in [-0.1, -0.05) is 0 Å². The number of hydrogen-bond acceptors (Lipinski definition) is 7. The van der Waals surface area contributed by atoms with Gasteiger partial charge in [0.25, 0.3) is 0 Å². The molecule has 0 unspecified atom stereocenters. The van der Waals surface area contributed by atoms with E-state index in [0.29, 0.717) is 16.6 Å². The van der Waals surface area contributed by atoms with E-state index in [9.17, 15) is 9.59 Å². The van der Waals surface area contributed by atoms with Crippen LogP contribution < -0.4 is 14.8 Å². The number of carbonyl (C=O) groups is 2. The predicted molar refractivity (Wildman–Crippen MR) is 113 cm³/mol. The lowest BCUT2D eigenvalue weighted by Crippen LogP contribution is -2.38. The van der Waals surface area contributed by atoms with Crippen LogP contribution in [0.4, 0.5) is 9.93 Å². The van der Waals surface area contributed by atoms with Crippen LogP contribution in [0.2, 0.25) is 0 Å². The molecule has 1 heterocycles. The first-order valence-corrected chi connectivity index (χ1v) is 9.79. The van der Waals surface area contributed by atoms with Crippen LogP contribution in [0.3, 0.4) is 0 Å². The number of thiazole rings is 1. The molecule has 0 fully saturated rings. The Kier molecular flexibility index (Phi) is 7.07. The maximum Gasteiger partial charge on any atom is 0.410 e. The van der Waals surface area contributed by atoms with Crippen molar-refractivity contribution in [2.75, 3.05) is 33.1 Å². The van der Waals surface area contributed by atoms with Gasteiger partial charge >= 0.3 is 6.09 Å². The number of aromatic nitrogens is 1. The Morgan fingerprint density at radius 2 is 1.83 bits per heavy atom. The highest BCUT2D eigenvalue weighted by Crippen LogP contribution is 2.35. The van der Waals surface area contributed by atoms with Crippen LogP contribution in [0.25, 0.3) is 11.3 Å². The third-order valence-electron chi connectivity index (χ3n) is 3.79. The summed E-state index contributed by atoms with van der Waals surface area (Å²) in [5.41, 5.74) is 0.970. The Hall–Kier alpha value is -2.81. The number of amides is 2. The van der Waals surface area contributed by atoms with Crippen LogP contribution in [0.15, 0.2) is 18.2 Å². The fourth-order valence-electron chi connectivity index (χ4n) is 2.48. The molecule has 0 aliphatic carbocycles. The molecule has 0 saturated heterocycles. The van der Waals surface area contributed by atoms with Gasteiger partial charge in [0, 0.05) is 17.5 Å². The quantitative estimate of drug-likeness (QED) is 0.760. The molecule has 0 spiro atoms. The number of rotatable bonds is 6. The topological polar surface area (TPSA) is 90.0 Å². The van der Waals surface area contributed by atoms with Crippen LogP contribution >= 0.6 is 11.3 Å². The standard InChI is InChI=1S/C20H27N3O5S/c1-12-17(13-8-9-14(26-6)15(10-13)27-7)22-18(29-12)21-16(24)11-23(5)19(25)28-20(2,3)4/h8-10H,11H2,1-7H3,(H,21,22,24). The molecular formula is C20H27N3O5S. The van der Waals surface area contributed by atoms with Gasteiger partial charge in [-0.15, -0.1) is 11.3 Å². The largest absolute Gasteiger partial charge is 0.493 e. The lowest BCUT2D eigenvalue weighted by atomic mass is 10.1. The van der Waals surface area contributed by atoms with Crippen molar-refractivity contribution in [1.82, 2.24) is 9.88 Å². The monoisotopic (exact) mass is 421 g/mol. The number of anilines is 1. The average Bonchev–Trinajstić information content (AvgIpc) is 2.99. The molecule has 0 radical (unpaired) electrons. The van der Waals surface area contributed by atoms with E-state index in [-0.39, 0.29) is 12.5 Å². The van der Waals surface area contributed by atoms with Gasteiger partial charge in [-0.2, -0.15) is 0 Å². The second kappa shape index (κ2) is 9.13. The van der Waals surface area contributed by atoms with E-state index < -0.39 is 11.7 Å². The first-order chi connectivity index (χ1) is 13.5. The first kappa shape index (κ1) is 22.5. The number of aryl methyl sites for hydroxylation is 1. The van der Waals surface area contributed by atoms with Gasteiger partial charge < -0.3 is 24.4 Å². The van der Waals surface area contributed by atoms with Crippen molar-refractivity contribution >= 4 is 28.5 Å². The number of nitrogens with one attached hydrogen (secondary N) is 1.